The molecule has 0 saturated heterocycles. The molecular weight excluding hydrogens is 224 g/mol. The summed E-state index contributed by atoms with van der Waals surface area (Å²) in [5.41, 5.74) is 5.63. The van der Waals surface area contributed by atoms with E-state index in [0.717, 1.165) is 18.9 Å². The number of hydrogen-bond donors (Lipinski definition) is 2. The van der Waals surface area contributed by atoms with Crippen molar-refractivity contribution in [3.63, 3.8) is 0 Å². The first-order valence-electron chi connectivity index (χ1n) is 7.46. The lowest BCUT2D eigenvalue weighted by atomic mass is 9.81. The molecule has 0 bridgehead atoms. The van der Waals surface area contributed by atoms with Gasteiger partial charge in [0.2, 0.25) is 5.91 Å². The highest BCUT2D eigenvalue weighted by atomic mass is 16.1. The van der Waals surface area contributed by atoms with E-state index in [-0.39, 0.29) is 11.4 Å². The zero-order chi connectivity index (χ0) is 13.6. The SMILES string of the molecule is CCC1CCC(CNC(=O)CCC(C)(C)N)CC1. The van der Waals surface area contributed by atoms with Crippen molar-refractivity contribution in [3.8, 4) is 0 Å². The molecule has 1 rings (SSSR count). The fourth-order valence-electron chi connectivity index (χ4n) is 2.63. The van der Waals surface area contributed by atoms with Gasteiger partial charge in [0.15, 0.2) is 0 Å². The van der Waals surface area contributed by atoms with E-state index >= 15 is 0 Å². The van der Waals surface area contributed by atoms with Gasteiger partial charge in [0.1, 0.15) is 0 Å². The fraction of sp³-hybridized carbons (Fsp3) is 0.933. The summed E-state index contributed by atoms with van der Waals surface area (Å²) in [5, 5.41) is 3.06. The van der Waals surface area contributed by atoms with E-state index in [1.807, 2.05) is 13.8 Å². The number of carbonyl (C=O) groups excluding carboxylic acids is 1. The van der Waals surface area contributed by atoms with Crippen LogP contribution in [0.3, 0.4) is 0 Å². The minimum absolute atomic E-state index is 0.158. The van der Waals surface area contributed by atoms with Crippen molar-refractivity contribution in [3.05, 3.63) is 0 Å². The highest BCUT2D eigenvalue weighted by Gasteiger charge is 2.20. The molecule has 1 saturated carbocycles. The molecule has 1 aliphatic carbocycles. The summed E-state index contributed by atoms with van der Waals surface area (Å²) in [6.45, 7) is 7.07. The molecule has 1 aliphatic rings. The fourth-order valence-corrected chi connectivity index (χ4v) is 2.63. The lowest BCUT2D eigenvalue weighted by molar-refractivity contribution is -0.121. The molecule has 3 heteroatoms. The number of nitrogens with one attached hydrogen (secondary N) is 1. The maximum absolute atomic E-state index is 11.7. The molecule has 0 unspecified atom stereocenters. The first kappa shape index (κ1) is 15.5. The number of hydrogen-bond acceptors (Lipinski definition) is 2. The third-order valence-electron chi connectivity index (χ3n) is 4.13. The predicted molar refractivity (Wildman–Crippen MR) is 76.2 cm³/mol. The van der Waals surface area contributed by atoms with Crippen LogP contribution >= 0.6 is 0 Å². The van der Waals surface area contributed by atoms with E-state index in [2.05, 4.69) is 12.2 Å². The van der Waals surface area contributed by atoms with Crippen LogP contribution in [0.15, 0.2) is 0 Å². The van der Waals surface area contributed by atoms with Crippen molar-refractivity contribution in [2.75, 3.05) is 6.54 Å². The van der Waals surface area contributed by atoms with E-state index in [9.17, 15) is 4.79 Å². The molecule has 0 aromatic carbocycles. The average molecular weight is 254 g/mol. The summed E-state index contributed by atoms with van der Waals surface area (Å²) in [6, 6.07) is 0. The Labute approximate surface area is 112 Å². The van der Waals surface area contributed by atoms with E-state index in [0.29, 0.717) is 12.3 Å². The molecule has 1 amide bonds. The molecule has 3 nitrogen and oxygen atoms in total. The number of rotatable bonds is 6. The van der Waals surface area contributed by atoms with Crippen LogP contribution in [0, 0.1) is 11.8 Å². The lowest BCUT2D eigenvalue weighted by Crippen LogP contribution is -2.36. The standard InChI is InChI=1S/C15H30N2O/c1-4-12-5-7-13(8-6-12)11-17-14(18)9-10-15(2,3)16/h12-13H,4-11,16H2,1-3H3,(H,17,18). The molecule has 3 N–H and O–H groups in total. The smallest absolute Gasteiger partial charge is 0.220 e. The molecule has 0 atom stereocenters. The maximum atomic E-state index is 11.7. The van der Waals surface area contributed by atoms with Gasteiger partial charge in [-0.2, -0.15) is 0 Å². The van der Waals surface area contributed by atoms with Gasteiger partial charge in [-0.15, -0.1) is 0 Å². The Bertz CT molecular complexity index is 250. The summed E-state index contributed by atoms with van der Waals surface area (Å²) in [6.07, 6.45) is 7.85. The molecule has 0 aliphatic heterocycles. The van der Waals surface area contributed by atoms with Crippen LogP contribution in [0.4, 0.5) is 0 Å². The summed E-state index contributed by atoms with van der Waals surface area (Å²) in [4.78, 5) is 11.7. The maximum Gasteiger partial charge on any atom is 0.220 e. The lowest BCUT2D eigenvalue weighted by Gasteiger charge is -2.28. The van der Waals surface area contributed by atoms with Crippen molar-refractivity contribution in [1.29, 1.82) is 0 Å². The summed E-state index contributed by atoms with van der Waals surface area (Å²) in [7, 11) is 0. The third-order valence-corrected chi connectivity index (χ3v) is 4.13. The van der Waals surface area contributed by atoms with Gasteiger partial charge in [0, 0.05) is 18.5 Å². The molecule has 0 radical (unpaired) electrons. The zero-order valence-electron chi connectivity index (χ0n) is 12.3. The Hall–Kier alpha value is -0.570. The van der Waals surface area contributed by atoms with Gasteiger partial charge in [-0.05, 0) is 44.9 Å². The average Bonchev–Trinajstić information content (AvgIpc) is 2.33. The molecule has 0 aromatic heterocycles. The van der Waals surface area contributed by atoms with Gasteiger partial charge in [0.05, 0.1) is 0 Å². The first-order valence-corrected chi connectivity index (χ1v) is 7.46. The number of amides is 1. The van der Waals surface area contributed by atoms with Crippen molar-refractivity contribution >= 4 is 5.91 Å². The minimum atomic E-state index is -0.240. The van der Waals surface area contributed by atoms with Crippen molar-refractivity contribution in [1.82, 2.24) is 5.32 Å². The second-order valence-electron chi connectivity index (χ2n) is 6.59. The molecule has 0 heterocycles. The number of nitrogens with two attached hydrogens (primary N) is 1. The van der Waals surface area contributed by atoms with Crippen LogP contribution in [-0.4, -0.2) is 18.0 Å². The Balaban J connectivity index is 2.12. The first-order chi connectivity index (χ1) is 8.40. The van der Waals surface area contributed by atoms with Crippen LogP contribution in [0.5, 0.6) is 0 Å². The minimum Gasteiger partial charge on any atom is -0.356 e. The van der Waals surface area contributed by atoms with Crippen molar-refractivity contribution in [2.24, 2.45) is 17.6 Å². The van der Waals surface area contributed by atoms with Gasteiger partial charge in [0.25, 0.3) is 0 Å². The molecule has 0 spiro atoms. The number of carbonyl (C=O) groups is 1. The predicted octanol–water partition coefficient (Wildman–Crippen LogP) is 2.84. The van der Waals surface area contributed by atoms with Gasteiger partial charge in [-0.3, -0.25) is 4.79 Å². The summed E-state index contributed by atoms with van der Waals surface area (Å²) in [5.74, 6) is 1.78. The Morgan fingerprint density at radius 1 is 1.22 bits per heavy atom. The summed E-state index contributed by atoms with van der Waals surface area (Å²) < 4.78 is 0. The molecule has 106 valence electrons. The second-order valence-corrected chi connectivity index (χ2v) is 6.59. The van der Waals surface area contributed by atoms with Gasteiger partial charge in [-0.1, -0.05) is 26.2 Å². The topological polar surface area (TPSA) is 55.1 Å². The third kappa shape index (κ3) is 6.39. The molecule has 1 fully saturated rings. The highest BCUT2D eigenvalue weighted by Crippen LogP contribution is 2.30. The highest BCUT2D eigenvalue weighted by molar-refractivity contribution is 5.75. The molecule has 0 aromatic rings. The van der Waals surface area contributed by atoms with Gasteiger partial charge >= 0.3 is 0 Å². The molecule has 18 heavy (non-hydrogen) atoms. The Kier molecular flexibility index (Phi) is 6.13. The van der Waals surface area contributed by atoms with Crippen LogP contribution < -0.4 is 11.1 Å². The van der Waals surface area contributed by atoms with E-state index in [1.165, 1.54) is 32.1 Å². The zero-order valence-corrected chi connectivity index (χ0v) is 12.3. The monoisotopic (exact) mass is 254 g/mol. The van der Waals surface area contributed by atoms with Crippen LogP contribution in [-0.2, 0) is 4.79 Å². The van der Waals surface area contributed by atoms with Gasteiger partial charge in [-0.25, -0.2) is 0 Å². The van der Waals surface area contributed by atoms with E-state index in [4.69, 9.17) is 5.73 Å². The van der Waals surface area contributed by atoms with E-state index < -0.39 is 0 Å². The van der Waals surface area contributed by atoms with Crippen LogP contribution in [0.1, 0.15) is 65.7 Å². The normalized spacial score (nSPS) is 24.9. The largest absolute Gasteiger partial charge is 0.356 e. The quantitative estimate of drug-likeness (QED) is 0.766. The van der Waals surface area contributed by atoms with Crippen LogP contribution in [0.25, 0.3) is 0 Å². The van der Waals surface area contributed by atoms with Crippen LogP contribution in [0.2, 0.25) is 0 Å². The van der Waals surface area contributed by atoms with Crippen molar-refractivity contribution in [2.45, 2.75) is 71.3 Å². The summed E-state index contributed by atoms with van der Waals surface area (Å²) >= 11 is 0. The molecular formula is C15H30N2O. The van der Waals surface area contributed by atoms with Crippen molar-refractivity contribution < 1.29 is 4.79 Å². The Morgan fingerprint density at radius 3 is 2.28 bits per heavy atom. The van der Waals surface area contributed by atoms with E-state index in [1.54, 1.807) is 0 Å². The Morgan fingerprint density at radius 2 is 1.78 bits per heavy atom. The van der Waals surface area contributed by atoms with Gasteiger partial charge < -0.3 is 11.1 Å². The second kappa shape index (κ2) is 7.13.